The third-order valence-electron chi connectivity index (χ3n) is 3.60. The lowest BCUT2D eigenvalue weighted by Crippen LogP contribution is -2.39. The summed E-state index contributed by atoms with van der Waals surface area (Å²) in [4.78, 5) is 4.04. The minimum Gasteiger partial charge on any atom is -0.329 e. The van der Waals surface area contributed by atoms with E-state index in [9.17, 15) is 0 Å². The van der Waals surface area contributed by atoms with Crippen molar-refractivity contribution < 1.29 is 0 Å². The molecule has 1 aromatic heterocycles. The monoisotopic (exact) mass is 238 g/mol. The number of likely N-dealkylation sites (tertiary alicyclic amines) is 1. The molecule has 2 nitrogen and oxygen atoms in total. The Kier molecular flexibility index (Phi) is 4.38. The van der Waals surface area contributed by atoms with Gasteiger partial charge in [0.05, 0.1) is 6.04 Å². The van der Waals surface area contributed by atoms with E-state index in [1.807, 2.05) is 11.3 Å². The predicted molar refractivity (Wildman–Crippen MR) is 70.8 cm³/mol. The van der Waals surface area contributed by atoms with E-state index >= 15 is 0 Å². The molecule has 1 aliphatic heterocycles. The van der Waals surface area contributed by atoms with E-state index in [0.29, 0.717) is 12.1 Å². The van der Waals surface area contributed by atoms with Crippen molar-refractivity contribution in [3.05, 3.63) is 22.4 Å². The molecule has 1 saturated heterocycles. The van der Waals surface area contributed by atoms with Crippen molar-refractivity contribution in [1.29, 1.82) is 0 Å². The molecule has 2 atom stereocenters. The molecule has 2 rings (SSSR count). The predicted octanol–water partition coefficient (Wildman–Crippen LogP) is 3.01. The van der Waals surface area contributed by atoms with E-state index in [4.69, 9.17) is 5.73 Å². The van der Waals surface area contributed by atoms with Gasteiger partial charge >= 0.3 is 0 Å². The lowest BCUT2D eigenvalue weighted by Gasteiger charge is -2.34. The molecule has 0 saturated carbocycles. The SMILES string of the molecule is CC1CCCCCN1C(CN)c1cccs1. The highest BCUT2D eigenvalue weighted by atomic mass is 32.1. The van der Waals surface area contributed by atoms with E-state index in [1.165, 1.54) is 37.1 Å². The molecular formula is C13H22N2S. The molecule has 0 aliphatic carbocycles. The summed E-state index contributed by atoms with van der Waals surface area (Å²) in [5.74, 6) is 0. The van der Waals surface area contributed by atoms with Gasteiger partial charge in [-0.1, -0.05) is 18.9 Å². The van der Waals surface area contributed by atoms with Crippen molar-refractivity contribution in [1.82, 2.24) is 4.90 Å². The maximum Gasteiger partial charge on any atom is 0.0566 e. The number of nitrogens with zero attached hydrogens (tertiary/aromatic N) is 1. The van der Waals surface area contributed by atoms with Crippen molar-refractivity contribution >= 4 is 11.3 Å². The minimum atomic E-state index is 0.438. The van der Waals surface area contributed by atoms with Crippen molar-refractivity contribution in [3.8, 4) is 0 Å². The minimum absolute atomic E-state index is 0.438. The molecule has 2 N–H and O–H groups in total. The number of hydrogen-bond acceptors (Lipinski definition) is 3. The molecular weight excluding hydrogens is 216 g/mol. The second-order valence-corrected chi connectivity index (χ2v) is 5.68. The van der Waals surface area contributed by atoms with Crippen LogP contribution in [0.25, 0.3) is 0 Å². The summed E-state index contributed by atoms with van der Waals surface area (Å²) in [7, 11) is 0. The van der Waals surface area contributed by atoms with E-state index in [1.54, 1.807) is 0 Å². The summed E-state index contributed by atoms with van der Waals surface area (Å²) in [6.45, 7) is 4.30. The van der Waals surface area contributed by atoms with Crippen LogP contribution in [0.2, 0.25) is 0 Å². The van der Waals surface area contributed by atoms with Gasteiger partial charge in [-0.05, 0) is 37.8 Å². The molecule has 0 spiro atoms. The molecule has 90 valence electrons. The van der Waals surface area contributed by atoms with Crippen LogP contribution in [0.4, 0.5) is 0 Å². The molecule has 0 aromatic carbocycles. The van der Waals surface area contributed by atoms with Gasteiger partial charge < -0.3 is 5.73 Å². The van der Waals surface area contributed by atoms with Gasteiger partial charge in [-0.3, -0.25) is 4.90 Å². The summed E-state index contributed by atoms with van der Waals surface area (Å²) in [6, 6.07) is 5.47. The van der Waals surface area contributed by atoms with E-state index in [-0.39, 0.29) is 0 Å². The summed E-state index contributed by atoms with van der Waals surface area (Å²) < 4.78 is 0. The van der Waals surface area contributed by atoms with Crippen LogP contribution in [0.1, 0.15) is 43.5 Å². The van der Waals surface area contributed by atoms with Crippen molar-refractivity contribution in [2.75, 3.05) is 13.1 Å². The average Bonchev–Trinajstić information content (AvgIpc) is 2.72. The Balaban J connectivity index is 2.12. The van der Waals surface area contributed by atoms with Crippen molar-refractivity contribution in [2.24, 2.45) is 5.73 Å². The zero-order valence-electron chi connectivity index (χ0n) is 10.1. The van der Waals surface area contributed by atoms with Gasteiger partial charge in [0.15, 0.2) is 0 Å². The Morgan fingerprint density at radius 1 is 1.50 bits per heavy atom. The van der Waals surface area contributed by atoms with Gasteiger partial charge in [0.1, 0.15) is 0 Å². The number of thiophene rings is 1. The lowest BCUT2D eigenvalue weighted by atomic mass is 10.1. The van der Waals surface area contributed by atoms with E-state index < -0.39 is 0 Å². The summed E-state index contributed by atoms with van der Waals surface area (Å²) in [6.07, 6.45) is 5.40. The van der Waals surface area contributed by atoms with Crippen molar-refractivity contribution in [3.63, 3.8) is 0 Å². The first-order valence-electron chi connectivity index (χ1n) is 6.32. The smallest absolute Gasteiger partial charge is 0.0566 e. The van der Waals surface area contributed by atoms with Crippen LogP contribution < -0.4 is 5.73 Å². The van der Waals surface area contributed by atoms with Gasteiger partial charge in [-0.2, -0.15) is 0 Å². The zero-order valence-corrected chi connectivity index (χ0v) is 10.9. The van der Waals surface area contributed by atoms with Gasteiger partial charge in [0.2, 0.25) is 0 Å². The van der Waals surface area contributed by atoms with Crippen LogP contribution in [0.3, 0.4) is 0 Å². The number of hydrogen-bond donors (Lipinski definition) is 1. The topological polar surface area (TPSA) is 29.3 Å². The first-order valence-corrected chi connectivity index (χ1v) is 7.20. The van der Waals surface area contributed by atoms with Crippen LogP contribution in [-0.2, 0) is 0 Å². The molecule has 1 aromatic rings. The fourth-order valence-corrected chi connectivity index (χ4v) is 3.52. The first-order chi connectivity index (χ1) is 7.83. The van der Waals surface area contributed by atoms with Crippen LogP contribution in [0.5, 0.6) is 0 Å². The molecule has 3 heteroatoms. The molecule has 0 bridgehead atoms. The summed E-state index contributed by atoms with van der Waals surface area (Å²) in [5.41, 5.74) is 5.97. The Morgan fingerprint density at radius 3 is 3.06 bits per heavy atom. The van der Waals surface area contributed by atoms with Gasteiger partial charge in [0.25, 0.3) is 0 Å². The largest absolute Gasteiger partial charge is 0.329 e. The molecule has 1 fully saturated rings. The highest BCUT2D eigenvalue weighted by Gasteiger charge is 2.25. The van der Waals surface area contributed by atoms with Crippen LogP contribution >= 0.6 is 11.3 Å². The quantitative estimate of drug-likeness (QED) is 0.877. The Morgan fingerprint density at radius 2 is 2.38 bits per heavy atom. The number of rotatable bonds is 3. The third-order valence-corrected chi connectivity index (χ3v) is 4.57. The lowest BCUT2D eigenvalue weighted by molar-refractivity contribution is 0.153. The highest BCUT2D eigenvalue weighted by Crippen LogP contribution is 2.29. The van der Waals surface area contributed by atoms with Gasteiger partial charge in [0, 0.05) is 17.5 Å². The molecule has 2 unspecified atom stereocenters. The molecule has 0 amide bonds. The summed E-state index contributed by atoms with van der Waals surface area (Å²) in [5, 5.41) is 2.15. The zero-order chi connectivity index (χ0) is 11.4. The Labute approximate surface area is 102 Å². The number of nitrogens with two attached hydrogens (primary N) is 1. The second-order valence-electron chi connectivity index (χ2n) is 4.70. The fourth-order valence-electron chi connectivity index (χ4n) is 2.66. The van der Waals surface area contributed by atoms with Crippen LogP contribution in [0.15, 0.2) is 17.5 Å². The van der Waals surface area contributed by atoms with Gasteiger partial charge in [-0.25, -0.2) is 0 Å². The Bertz CT molecular complexity index is 297. The van der Waals surface area contributed by atoms with Crippen LogP contribution in [0, 0.1) is 0 Å². The van der Waals surface area contributed by atoms with Crippen LogP contribution in [-0.4, -0.2) is 24.0 Å². The highest BCUT2D eigenvalue weighted by molar-refractivity contribution is 7.10. The van der Waals surface area contributed by atoms with E-state index in [2.05, 4.69) is 29.3 Å². The second kappa shape index (κ2) is 5.80. The Hall–Kier alpha value is -0.380. The van der Waals surface area contributed by atoms with Gasteiger partial charge in [-0.15, -0.1) is 11.3 Å². The fraction of sp³-hybridized carbons (Fsp3) is 0.692. The molecule has 1 aliphatic rings. The third kappa shape index (κ3) is 2.65. The normalized spacial score (nSPS) is 25.2. The van der Waals surface area contributed by atoms with E-state index in [0.717, 1.165) is 6.54 Å². The molecule has 16 heavy (non-hydrogen) atoms. The first kappa shape index (κ1) is 12.1. The maximum atomic E-state index is 5.97. The molecule has 2 heterocycles. The summed E-state index contributed by atoms with van der Waals surface area (Å²) >= 11 is 1.84. The average molecular weight is 238 g/mol. The maximum absolute atomic E-state index is 5.97. The standard InChI is InChI=1S/C13H22N2S/c1-11-6-3-2-4-8-15(11)12(10-14)13-7-5-9-16-13/h5,7,9,11-12H,2-4,6,8,10,14H2,1H3. The van der Waals surface area contributed by atoms with Crippen molar-refractivity contribution in [2.45, 2.75) is 44.7 Å². The molecule has 0 radical (unpaired) electrons.